The number of esters is 1. The lowest BCUT2D eigenvalue weighted by atomic mass is 10.0. The molecule has 2 aromatic rings. The van der Waals surface area contributed by atoms with Crippen molar-refractivity contribution in [3.8, 4) is 0 Å². The molecule has 1 aliphatic rings. The van der Waals surface area contributed by atoms with Crippen LogP contribution in [0.5, 0.6) is 0 Å². The maximum atomic E-state index is 13.0. The Hall–Kier alpha value is -3.08. The fraction of sp³-hybridized carbons (Fsp3) is 0.238. The molecule has 0 aliphatic carbocycles. The standard InChI is InChI=1S/C21H22N2O3/c1-21(20(25)26-2)13-18(22-14-16-9-5-3-6-10-16)19(24)23(21)15-17-11-7-4-8-12-17/h3-13,22H,14-15H2,1-2H3. The number of carbonyl (C=O) groups excluding carboxylic acids is 2. The Kier molecular flexibility index (Phi) is 5.07. The number of methoxy groups -OCH3 is 1. The summed E-state index contributed by atoms with van der Waals surface area (Å²) in [4.78, 5) is 26.9. The van der Waals surface area contributed by atoms with Crippen LogP contribution in [0.3, 0.4) is 0 Å². The van der Waals surface area contributed by atoms with Crippen LogP contribution in [0.25, 0.3) is 0 Å². The van der Waals surface area contributed by atoms with Crippen LogP contribution in [0, 0.1) is 0 Å². The lowest BCUT2D eigenvalue weighted by Gasteiger charge is -2.32. The number of amides is 1. The number of ether oxygens (including phenoxy) is 1. The van der Waals surface area contributed by atoms with Crippen molar-refractivity contribution in [3.05, 3.63) is 83.6 Å². The summed E-state index contributed by atoms with van der Waals surface area (Å²) in [5.41, 5.74) is 1.29. The fourth-order valence-corrected chi connectivity index (χ4v) is 3.07. The number of nitrogens with zero attached hydrogens (tertiary/aromatic N) is 1. The molecule has 1 amide bonds. The van der Waals surface area contributed by atoms with Gasteiger partial charge in [0, 0.05) is 13.1 Å². The van der Waals surface area contributed by atoms with Gasteiger partial charge in [-0.05, 0) is 24.1 Å². The zero-order chi connectivity index (χ0) is 18.6. The highest BCUT2D eigenvalue weighted by Gasteiger charge is 2.48. The number of benzene rings is 2. The maximum absolute atomic E-state index is 13.0. The molecule has 0 saturated carbocycles. The van der Waals surface area contributed by atoms with Crippen LogP contribution in [0.2, 0.25) is 0 Å². The zero-order valence-corrected chi connectivity index (χ0v) is 14.9. The van der Waals surface area contributed by atoms with E-state index in [2.05, 4.69) is 5.32 Å². The van der Waals surface area contributed by atoms with E-state index in [1.807, 2.05) is 60.7 Å². The minimum absolute atomic E-state index is 0.210. The minimum atomic E-state index is -1.14. The van der Waals surface area contributed by atoms with Crippen LogP contribution >= 0.6 is 0 Å². The first-order valence-corrected chi connectivity index (χ1v) is 8.49. The lowest BCUT2D eigenvalue weighted by Crippen LogP contribution is -2.50. The molecule has 0 bridgehead atoms. The van der Waals surface area contributed by atoms with Crippen LogP contribution in [-0.4, -0.2) is 29.4 Å². The predicted octanol–water partition coefficient (Wildman–Crippen LogP) is 2.63. The molecule has 26 heavy (non-hydrogen) atoms. The van der Waals surface area contributed by atoms with Gasteiger partial charge in [0.1, 0.15) is 0 Å². The molecule has 0 aromatic heterocycles. The topological polar surface area (TPSA) is 58.6 Å². The van der Waals surface area contributed by atoms with Crippen LogP contribution in [0.1, 0.15) is 18.1 Å². The summed E-state index contributed by atoms with van der Waals surface area (Å²) in [5.74, 6) is -0.670. The summed E-state index contributed by atoms with van der Waals surface area (Å²) < 4.78 is 4.96. The van der Waals surface area contributed by atoms with Crippen molar-refractivity contribution in [3.63, 3.8) is 0 Å². The van der Waals surface area contributed by atoms with Crippen molar-refractivity contribution in [1.29, 1.82) is 0 Å². The molecular weight excluding hydrogens is 328 g/mol. The zero-order valence-electron chi connectivity index (χ0n) is 14.9. The highest BCUT2D eigenvalue weighted by molar-refractivity contribution is 6.03. The Morgan fingerprint density at radius 3 is 2.19 bits per heavy atom. The van der Waals surface area contributed by atoms with Crippen LogP contribution < -0.4 is 5.32 Å². The summed E-state index contributed by atoms with van der Waals surface area (Å²) in [7, 11) is 1.34. The third-order valence-corrected chi connectivity index (χ3v) is 4.57. The van der Waals surface area contributed by atoms with Gasteiger partial charge in [-0.15, -0.1) is 0 Å². The average Bonchev–Trinajstić information content (AvgIpc) is 2.93. The molecule has 5 heteroatoms. The van der Waals surface area contributed by atoms with Crippen molar-refractivity contribution in [1.82, 2.24) is 10.2 Å². The lowest BCUT2D eigenvalue weighted by molar-refractivity contribution is -0.155. The Morgan fingerprint density at radius 2 is 1.62 bits per heavy atom. The Labute approximate surface area is 153 Å². The molecule has 1 atom stereocenters. The van der Waals surface area contributed by atoms with Gasteiger partial charge in [0.05, 0.1) is 12.8 Å². The number of hydrogen-bond acceptors (Lipinski definition) is 4. The van der Waals surface area contributed by atoms with Gasteiger partial charge in [0.25, 0.3) is 5.91 Å². The molecule has 1 heterocycles. The number of hydrogen-bond donors (Lipinski definition) is 1. The van der Waals surface area contributed by atoms with Crippen molar-refractivity contribution >= 4 is 11.9 Å². The number of carbonyl (C=O) groups is 2. The normalized spacial score (nSPS) is 19.2. The molecule has 1 aliphatic heterocycles. The summed E-state index contributed by atoms with van der Waals surface area (Å²) in [6.45, 7) is 2.55. The molecule has 0 fully saturated rings. The third kappa shape index (κ3) is 3.47. The van der Waals surface area contributed by atoms with E-state index in [1.165, 1.54) is 7.11 Å². The van der Waals surface area contributed by atoms with Crippen LogP contribution in [-0.2, 0) is 27.4 Å². The van der Waals surface area contributed by atoms with Gasteiger partial charge in [0.15, 0.2) is 5.54 Å². The molecule has 0 saturated heterocycles. The van der Waals surface area contributed by atoms with E-state index in [0.717, 1.165) is 11.1 Å². The Balaban J connectivity index is 1.83. The molecule has 1 unspecified atom stereocenters. The second-order valence-electron chi connectivity index (χ2n) is 6.41. The van der Waals surface area contributed by atoms with E-state index < -0.39 is 11.5 Å². The highest BCUT2D eigenvalue weighted by atomic mass is 16.5. The van der Waals surface area contributed by atoms with Gasteiger partial charge < -0.3 is 15.0 Å². The van der Waals surface area contributed by atoms with Crippen LogP contribution in [0.4, 0.5) is 0 Å². The van der Waals surface area contributed by atoms with Gasteiger partial charge >= 0.3 is 5.97 Å². The molecule has 2 aromatic carbocycles. The number of rotatable bonds is 6. The van der Waals surface area contributed by atoms with Gasteiger partial charge in [-0.1, -0.05) is 60.7 Å². The fourth-order valence-electron chi connectivity index (χ4n) is 3.07. The van der Waals surface area contributed by atoms with Gasteiger partial charge in [-0.25, -0.2) is 4.79 Å². The van der Waals surface area contributed by atoms with Crippen molar-refractivity contribution < 1.29 is 14.3 Å². The third-order valence-electron chi connectivity index (χ3n) is 4.57. The van der Waals surface area contributed by atoms with Crippen molar-refractivity contribution in [2.24, 2.45) is 0 Å². The molecule has 0 spiro atoms. The van der Waals surface area contributed by atoms with E-state index in [0.29, 0.717) is 18.8 Å². The molecular formula is C21H22N2O3. The first-order valence-electron chi connectivity index (χ1n) is 8.49. The minimum Gasteiger partial charge on any atom is -0.467 e. The summed E-state index contributed by atoms with van der Waals surface area (Å²) >= 11 is 0. The monoisotopic (exact) mass is 350 g/mol. The summed E-state index contributed by atoms with van der Waals surface area (Å²) in [6.07, 6.45) is 1.66. The number of nitrogens with one attached hydrogen (secondary N) is 1. The average molecular weight is 350 g/mol. The van der Waals surface area contributed by atoms with Gasteiger partial charge in [0.2, 0.25) is 0 Å². The first kappa shape index (κ1) is 17.7. The molecule has 5 nitrogen and oxygen atoms in total. The van der Waals surface area contributed by atoms with Gasteiger partial charge in [-0.3, -0.25) is 4.79 Å². The second-order valence-corrected chi connectivity index (χ2v) is 6.41. The van der Waals surface area contributed by atoms with E-state index >= 15 is 0 Å². The smallest absolute Gasteiger partial charge is 0.335 e. The molecule has 1 N–H and O–H groups in total. The predicted molar refractivity (Wildman–Crippen MR) is 98.8 cm³/mol. The summed E-state index contributed by atoms with van der Waals surface area (Å²) in [6, 6.07) is 19.4. The van der Waals surface area contributed by atoms with Crippen molar-refractivity contribution in [2.45, 2.75) is 25.6 Å². The van der Waals surface area contributed by atoms with E-state index in [1.54, 1.807) is 17.9 Å². The second kappa shape index (κ2) is 7.44. The quantitative estimate of drug-likeness (QED) is 0.814. The van der Waals surface area contributed by atoms with Gasteiger partial charge in [-0.2, -0.15) is 0 Å². The molecule has 0 radical (unpaired) electrons. The first-order chi connectivity index (χ1) is 12.5. The van der Waals surface area contributed by atoms with E-state index in [-0.39, 0.29) is 5.91 Å². The van der Waals surface area contributed by atoms with Crippen molar-refractivity contribution in [2.75, 3.05) is 7.11 Å². The summed E-state index contributed by atoms with van der Waals surface area (Å²) in [5, 5.41) is 3.16. The maximum Gasteiger partial charge on any atom is 0.335 e. The molecule has 134 valence electrons. The van der Waals surface area contributed by atoms with Crippen LogP contribution in [0.15, 0.2) is 72.4 Å². The Morgan fingerprint density at radius 1 is 1.04 bits per heavy atom. The largest absolute Gasteiger partial charge is 0.467 e. The van der Waals surface area contributed by atoms with E-state index in [4.69, 9.17) is 4.74 Å². The van der Waals surface area contributed by atoms with E-state index in [9.17, 15) is 9.59 Å². The SMILES string of the molecule is COC(=O)C1(C)C=C(NCc2ccccc2)C(=O)N1Cc1ccccc1. The molecule has 3 rings (SSSR count). The Bertz CT molecular complexity index is 818. The highest BCUT2D eigenvalue weighted by Crippen LogP contribution is 2.30.